The first-order valence-corrected chi connectivity index (χ1v) is 5.73. The predicted octanol–water partition coefficient (Wildman–Crippen LogP) is 1.19. The van der Waals surface area contributed by atoms with Crippen molar-refractivity contribution in [3.63, 3.8) is 0 Å². The molecule has 1 fully saturated rings. The molecule has 0 aromatic carbocycles. The van der Waals surface area contributed by atoms with E-state index >= 15 is 0 Å². The fourth-order valence-corrected chi connectivity index (χ4v) is 1.98. The summed E-state index contributed by atoms with van der Waals surface area (Å²) in [5.74, 6) is -3.74. The van der Waals surface area contributed by atoms with Gasteiger partial charge in [-0.1, -0.05) is 0 Å². The molecule has 0 saturated carbocycles. The van der Waals surface area contributed by atoms with Gasteiger partial charge >= 0.3 is 11.9 Å². The normalized spacial score (nSPS) is 21.3. The van der Waals surface area contributed by atoms with Gasteiger partial charge in [-0.3, -0.25) is 4.79 Å². The number of amides is 1. The van der Waals surface area contributed by atoms with Gasteiger partial charge in [-0.15, -0.1) is 0 Å². The van der Waals surface area contributed by atoms with Gasteiger partial charge in [-0.05, 0) is 26.0 Å². The Balaban J connectivity index is 2.29. The summed E-state index contributed by atoms with van der Waals surface area (Å²) in [7, 11) is 0. The first-order chi connectivity index (χ1) is 8.90. The topological polar surface area (TPSA) is 59.5 Å². The maximum absolute atomic E-state index is 13.6. The molecular weight excluding hydrogens is 258 g/mol. The van der Waals surface area contributed by atoms with Crippen LogP contribution in [0.15, 0.2) is 12.1 Å². The largest absolute Gasteiger partial charge is 0.454 e. The van der Waals surface area contributed by atoms with E-state index in [0.29, 0.717) is 0 Å². The molecule has 1 saturated heterocycles. The summed E-state index contributed by atoms with van der Waals surface area (Å²) in [5.41, 5.74) is 0.0525. The lowest BCUT2D eigenvalue weighted by Gasteiger charge is -2.34. The molecule has 19 heavy (non-hydrogen) atoms. The second kappa shape index (κ2) is 4.91. The van der Waals surface area contributed by atoms with E-state index in [9.17, 15) is 18.4 Å². The SMILES string of the molecule is C[C@H]1CN([C@@H](C)c2ccc(F)nc2F)C(=O)C(=O)O1. The van der Waals surface area contributed by atoms with Crippen molar-refractivity contribution in [1.82, 2.24) is 9.88 Å². The molecule has 102 valence electrons. The van der Waals surface area contributed by atoms with Gasteiger partial charge < -0.3 is 9.64 Å². The number of carbonyl (C=O) groups excluding carboxylic acids is 2. The molecule has 7 heteroatoms. The molecule has 1 aliphatic rings. The zero-order chi connectivity index (χ0) is 14.2. The number of carbonyl (C=O) groups is 2. The second-order valence-electron chi connectivity index (χ2n) is 4.36. The zero-order valence-corrected chi connectivity index (χ0v) is 10.4. The fraction of sp³-hybridized carbons (Fsp3) is 0.417. The highest BCUT2D eigenvalue weighted by atomic mass is 19.1. The summed E-state index contributed by atoms with van der Waals surface area (Å²) in [6.07, 6.45) is -0.468. The summed E-state index contributed by atoms with van der Waals surface area (Å²) in [4.78, 5) is 27.3. The smallest absolute Gasteiger partial charge is 0.397 e. The molecular formula is C12H12F2N2O3. The predicted molar refractivity (Wildman–Crippen MR) is 59.8 cm³/mol. The summed E-state index contributed by atoms with van der Waals surface area (Å²) in [6, 6.07) is 1.49. The number of halogens is 2. The Labute approximate surface area is 108 Å². The van der Waals surface area contributed by atoms with Crippen LogP contribution in [-0.2, 0) is 14.3 Å². The van der Waals surface area contributed by atoms with Gasteiger partial charge in [0.15, 0.2) is 0 Å². The molecule has 5 nitrogen and oxygen atoms in total. The van der Waals surface area contributed by atoms with Gasteiger partial charge in [0.2, 0.25) is 11.9 Å². The molecule has 1 aromatic heterocycles. The highest BCUT2D eigenvalue weighted by Crippen LogP contribution is 2.25. The molecule has 0 spiro atoms. The Bertz CT molecular complexity index is 536. The van der Waals surface area contributed by atoms with Crippen LogP contribution in [-0.4, -0.2) is 34.4 Å². The molecule has 0 N–H and O–H groups in total. The third-order valence-corrected chi connectivity index (χ3v) is 2.96. The number of ether oxygens (including phenoxy) is 1. The Morgan fingerprint density at radius 3 is 2.74 bits per heavy atom. The van der Waals surface area contributed by atoms with Crippen molar-refractivity contribution in [2.24, 2.45) is 0 Å². The average molecular weight is 270 g/mol. The Morgan fingerprint density at radius 1 is 1.42 bits per heavy atom. The van der Waals surface area contributed by atoms with Crippen LogP contribution in [0.25, 0.3) is 0 Å². The number of cyclic esters (lactones) is 1. The molecule has 1 aliphatic heterocycles. The van der Waals surface area contributed by atoms with Crippen molar-refractivity contribution in [2.45, 2.75) is 26.0 Å². The molecule has 2 atom stereocenters. The van der Waals surface area contributed by atoms with Crippen LogP contribution in [0.1, 0.15) is 25.5 Å². The number of aromatic nitrogens is 1. The van der Waals surface area contributed by atoms with Crippen molar-refractivity contribution >= 4 is 11.9 Å². The highest BCUT2D eigenvalue weighted by Gasteiger charge is 2.36. The quantitative estimate of drug-likeness (QED) is 0.460. The van der Waals surface area contributed by atoms with E-state index in [1.165, 1.54) is 11.0 Å². The van der Waals surface area contributed by atoms with Gasteiger partial charge in [0.25, 0.3) is 0 Å². The highest BCUT2D eigenvalue weighted by molar-refractivity contribution is 6.32. The maximum atomic E-state index is 13.6. The van der Waals surface area contributed by atoms with E-state index in [4.69, 9.17) is 4.74 Å². The van der Waals surface area contributed by atoms with Crippen molar-refractivity contribution in [3.8, 4) is 0 Å². The maximum Gasteiger partial charge on any atom is 0.397 e. The van der Waals surface area contributed by atoms with E-state index < -0.39 is 35.9 Å². The van der Waals surface area contributed by atoms with Crippen LogP contribution < -0.4 is 0 Å². The minimum Gasteiger partial charge on any atom is -0.454 e. The number of esters is 1. The average Bonchev–Trinajstić information content (AvgIpc) is 2.33. The number of pyridine rings is 1. The lowest BCUT2D eigenvalue weighted by molar-refractivity contribution is -0.173. The Morgan fingerprint density at radius 2 is 2.11 bits per heavy atom. The van der Waals surface area contributed by atoms with Crippen LogP contribution >= 0.6 is 0 Å². The van der Waals surface area contributed by atoms with Crippen LogP contribution in [0.3, 0.4) is 0 Å². The van der Waals surface area contributed by atoms with E-state index in [0.717, 1.165) is 6.07 Å². The summed E-state index contributed by atoms with van der Waals surface area (Å²) < 4.78 is 31.1. The number of hydrogen-bond donors (Lipinski definition) is 0. The third kappa shape index (κ3) is 2.54. The Hall–Kier alpha value is -2.05. The zero-order valence-electron chi connectivity index (χ0n) is 10.4. The summed E-state index contributed by atoms with van der Waals surface area (Å²) in [6.45, 7) is 3.33. The van der Waals surface area contributed by atoms with Crippen LogP contribution in [0.2, 0.25) is 0 Å². The van der Waals surface area contributed by atoms with E-state index in [1.54, 1.807) is 13.8 Å². The monoisotopic (exact) mass is 270 g/mol. The fourth-order valence-electron chi connectivity index (χ4n) is 1.98. The number of morpholine rings is 1. The van der Waals surface area contributed by atoms with Gasteiger partial charge in [0, 0.05) is 5.56 Å². The van der Waals surface area contributed by atoms with E-state index in [-0.39, 0.29) is 12.1 Å². The first kappa shape index (κ1) is 13.4. The lowest BCUT2D eigenvalue weighted by atomic mass is 10.1. The summed E-state index contributed by atoms with van der Waals surface area (Å²) >= 11 is 0. The van der Waals surface area contributed by atoms with Crippen LogP contribution in [0, 0.1) is 11.9 Å². The van der Waals surface area contributed by atoms with E-state index in [2.05, 4.69) is 4.98 Å². The number of hydrogen-bond acceptors (Lipinski definition) is 4. The molecule has 0 aliphatic carbocycles. The molecule has 2 heterocycles. The minimum absolute atomic E-state index is 0.0525. The van der Waals surface area contributed by atoms with E-state index in [1.807, 2.05) is 0 Å². The molecule has 0 radical (unpaired) electrons. The van der Waals surface area contributed by atoms with Crippen molar-refractivity contribution in [2.75, 3.05) is 6.54 Å². The summed E-state index contributed by atoms with van der Waals surface area (Å²) in [5, 5.41) is 0. The molecule has 1 amide bonds. The van der Waals surface area contributed by atoms with Crippen molar-refractivity contribution in [3.05, 3.63) is 29.6 Å². The molecule has 0 unspecified atom stereocenters. The second-order valence-corrected chi connectivity index (χ2v) is 4.36. The first-order valence-electron chi connectivity index (χ1n) is 5.73. The van der Waals surface area contributed by atoms with Gasteiger partial charge in [0.1, 0.15) is 6.10 Å². The standard InChI is InChI=1S/C12H12F2N2O3/c1-6-5-16(11(17)12(18)19-6)7(2)8-3-4-9(13)15-10(8)14/h3-4,6-7H,5H2,1-2H3/t6-,7-/m0/s1. The third-order valence-electron chi connectivity index (χ3n) is 2.96. The minimum atomic E-state index is -0.994. The number of nitrogens with zero attached hydrogens (tertiary/aromatic N) is 2. The van der Waals surface area contributed by atoms with Crippen LogP contribution in [0.4, 0.5) is 8.78 Å². The van der Waals surface area contributed by atoms with Gasteiger partial charge in [-0.25, -0.2) is 4.79 Å². The molecule has 0 bridgehead atoms. The number of rotatable bonds is 2. The van der Waals surface area contributed by atoms with Gasteiger partial charge in [0.05, 0.1) is 12.6 Å². The van der Waals surface area contributed by atoms with Crippen molar-refractivity contribution in [1.29, 1.82) is 0 Å². The van der Waals surface area contributed by atoms with Gasteiger partial charge in [-0.2, -0.15) is 13.8 Å². The molecule has 1 aromatic rings. The Kier molecular flexibility index (Phi) is 3.46. The van der Waals surface area contributed by atoms with Crippen molar-refractivity contribution < 1.29 is 23.1 Å². The molecule has 2 rings (SSSR count). The lowest BCUT2D eigenvalue weighted by Crippen LogP contribution is -2.49. The van der Waals surface area contributed by atoms with Crippen LogP contribution in [0.5, 0.6) is 0 Å².